The number of rotatable bonds is 8. The molecule has 0 aromatic heterocycles. The maximum Gasteiger partial charge on any atom is 0.356 e. The highest BCUT2D eigenvalue weighted by atomic mass is 31.2. The van der Waals surface area contributed by atoms with Gasteiger partial charge in [0.15, 0.2) is 5.70 Å². The van der Waals surface area contributed by atoms with Crippen LogP contribution in [0.1, 0.15) is 15.9 Å². The number of hydrogen-bond donors (Lipinski definition) is 2. The van der Waals surface area contributed by atoms with E-state index in [4.69, 9.17) is 0 Å². The summed E-state index contributed by atoms with van der Waals surface area (Å²) in [7, 11) is -2.86. The molecule has 0 atom stereocenters. The van der Waals surface area contributed by atoms with E-state index in [2.05, 4.69) is 41.7 Å². The highest BCUT2D eigenvalue weighted by molar-refractivity contribution is 8.03. The van der Waals surface area contributed by atoms with Crippen LogP contribution in [0.4, 0.5) is 0 Å². The fraction of sp³-hybridized carbons (Fsp3) is 0. The van der Waals surface area contributed by atoms with E-state index in [0.29, 0.717) is 10.9 Å². The minimum atomic E-state index is -2.86. The zero-order valence-corrected chi connectivity index (χ0v) is 22.0. The summed E-state index contributed by atoms with van der Waals surface area (Å²) < 4.78 is 0. The van der Waals surface area contributed by atoms with Gasteiger partial charge in [0.1, 0.15) is 28.5 Å². The lowest BCUT2D eigenvalue weighted by Crippen LogP contribution is -2.36. The van der Waals surface area contributed by atoms with Crippen LogP contribution in [0.5, 0.6) is 0 Å². The van der Waals surface area contributed by atoms with Crippen LogP contribution in [-0.2, 0) is 4.79 Å². The second kappa shape index (κ2) is 11.7. The quantitative estimate of drug-likeness (QED) is 0.196. The first-order valence-corrected chi connectivity index (χ1v) is 14.4. The number of carbonyl (C=O) groups is 2. The van der Waals surface area contributed by atoms with Gasteiger partial charge in [-0.1, -0.05) is 103 Å². The molecule has 0 fully saturated rings. The molecule has 1 amide bonds. The van der Waals surface area contributed by atoms with Crippen LogP contribution in [0, 0.1) is 0 Å². The number of carboxylic acid groups (broad SMARTS) is 1. The maximum absolute atomic E-state index is 13.4. The van der Waals surface area contributed by atoms with E-state index in [1.807, 2.05) is 91.0 Å². The molecule has 0 aliphatic carbocycles. The van der Waals surface area contributed by atoms with Gasteiger partial charge in [-0.15, -0.1) is 0 Å². The fourth-order valence-corrected chi connectivity index (χ4v) is 9.43. The van der Waals surface area contributed by atoms with E-state index in [9.17, 15) is 14.7 Å². The Morgan fingerprint density at radius 2 is 0.821 bits per heavy atom. The third-order valence-electron chi connectivity index (χ3n) is 6.54. The molecule has 0 saturated heterocycles. The fourth-order valence-electron chi connectivity index (χ4n) is 4.88. The van der Waals surface area contributed by atoms with E-state index < -0.39 is 19.1 Å². The Morgan fingerprint density at radius 3 is 1.18 bits per heavy atom. The Morgan fingerprint density at radius 1 is 0.487 bits per heavy atom. The Hall–Kier alpha value is -4.79. The number of amides is 1. The summed E-state index contributed by atoms with van der Waals surface area (Å²) in [4.78, 5) is 26.6. The van der Waals surface area contributed by atoms with E-state index >= 15 is 0 Å². The van der Waals surface area contributed by atoms with E-state index in [0.717, 1.165) is 21.5 Å². The van der Waals surface area contributed by atoms with E-state index in [1.165, 1.54) is 0 Å². The predicted molar refractivity (Wildman–Crippen MR) is 160 cm³/mol. The molecular formula is C34H27NO3P+. The lowest BCUT2D eigenvalue weighted by molar-refractivity contribution is -0.132. The smallest absolute Gasteiger partial charge is 0.356 e. The second-order valence-corrected chi connectivity index (χ2v) is 12.2. The summed E-state index contributed by atoms with van der Waals surface area (Å²) in [5.74, 6) is -1.68. The summed E-state index contributed by atoms with van der Waals surface area (Å²) in [6.45, 7) is 0. The average molecular weight is 529 g/mol. The SMILES string of the molecule is O=C(O)C(NC(=O)c1ccccc1)=C(c1ccccc1)[P+](c1ccccc1)(c1ccccc1)c1ccccc1. The van der Waals surface area contributed by atoms with Gasteiger partial charge in [0, 0.05) is 11.1 Å². The standard InChI is InChI=1S/C34H26NO3P/c36-33(27-18-8-2-9-19-27)35-31(34(37)38)32(26-16-6-1-7-17-26)39(28-20-10-3-11-21-28,29-22-12-4-13-23-29)30-24-14-5-15-25-30/h1-25H,(H-,35,36,37,38)/p+1. The van der Waals surface area contributed by atoms with Gasteiger partial charge in [0.05, 0.1) is 0 Å². The lowest BCUT2D eigenvalue weighted by Gasteiger charge is -2.31. The minimum absolute atomic E-state index is 0.139. The zero-order valence-electron chi connectivity index (χ0n) is 21.1. The summed E-state index contributed by atoms with van der Waals surface area (Å²) in [5.41, 5.74) is 0.972. The van der Waals surface area contributed by atoms with E-state index in [-0.39, 0.29) is 5.70 Å². The molecule has 0 aliphatic heterocycles. The molecule has 0 heterocycles. The van der Waals surface area contributed by atoms with Crippen LogP contribution in [0.15, 0.2) is 157 Å². The molecule has 4 nitrogen and oxygen atoms in total. The van der Waals surface area contributed by atoms with Crippen molar-refractivity contribution in [2.45, 2.75) is 0 Å². The summed E-state index contributed by atoms with van der Waals surface area (Å²) >= 11 is 0. The highest BCUT2D eigenvalue weighted by Crippen LogP contribution is 2.67. The number of nitrogens with one attached hydrogen (secondary N) is 1. The molecule has 0 unspecified atom stereocenters. The molecule has 39 heavy (non-hydrogen) atoms. The van der Waals surface area contributed by atoms with Gasteiger partial charge in [-0.25, -0.2) is 4.79 Å². The molecule has 0 aliphatic rings. The van der Waals surface area contributed by atoms with Gasteiger partial charge in [-0.3, -0.25) is 4.79 Å². The largest absolute Gasteiger partial charge is 0.476 e. The van der Waals surface area contributed by atoms with Crippen molar-refractivity contribution < 1.29 is 14.7 Å². The van der Waals surface area contributed by atoms with Gasteiger partial charge >= 0.3 is 5.97 Å². The van der Waals surface area contributed by atoms with Crippen molar-refractivity contribution >= 4 is 40.4 Å². The van der Waals surface area contributed by atoms with Crippen molar-refractivity contribution in [2.24, 2.45) is 0 Å². The second-order valence-electron chi connectivity index (χ2n) is 8.89. The average Bonchev–Trinajstić information content (AvgIpc) is 3.01. The van der Waals surface area contributed by atoms with Crippen molar-refractivity contribution in [1.29, 1.82) is 0 Å². The first-order chi connectivity index (χ1) is 19.1. The number of hydrogen-bond acceptors (Lipinski definition) is 2. The van der Waals surface area contributed by atoms with Gasteiger partial charge in [-0.05, 0) is 48.5 Å². The monoisotopic (exact) mass is 528 g/mol. The summed E-state index contributed by atoms with van der Waals surface area (Å²) in [6, 6.07) is 48.2. The van der Waals surface area contributed by atoms with Crippen molar-refractivity contribution in [3.63, 3.8) is 0 Å². The van der Waals surface area contributed by atoms with Crippen LogP contribution in [0.2, 0.25) is 0 Å². The molecule has 5 aromatic rings. The third-order valence-corrected chi connectivity index (χ3v) is 10.9. The Labute approximate surface area is 228 Å². The Kier molecular flexibility index (Phi) is 7.77. The van der Waals surface area contributed by atoms with Crippen molar-refractivity contribution in [2.75, 3.05) is 0 Å². The normalized spacial score (nSPS) is 11.8. The molecular weight excluding hydrogens is 501 g/mol. The first-order valence-electron chi connectivity index (χ1n) is 12.6. The number of carboxylic acids is 1. The molecule has 0 bridgehead atoms. The summed E-state index contributed by atoms with van der Waals surface area (Å²) in [5, 5.41) is 17.1. The topological polar surface area (TPSA) is 66.4 Å². The van der Waals surface area contributed by atoms with Crippen molar-refractivity contribution in [1.82, 2.24) is 5.32 Å². The minimum Gasteiger partial charge on any atom is -0.476 e. The molecule has 5 heteroatoms. The molecule has 2 N–H and O–H groups in total. The Bertz CT molecular complexity index is 1490. The lowest BCUT2D eigenvalue weighted by atomic mass is 10.1. The van der Waals surface area contributed by atoms with Gasteiger partial charge in [0.25, 0.3) is 5.91 Å². The molecule has 5 rings (SSSR count). The molecule has 0 saturated carbocycles. The van der Waals surface area contributed by atoms with Crippen molar-refractivity contribution in [3.05, 3.63) is 168 Å². The van der Waals surface area contributed by atoms with Crippen LogP contribution >= 0.6 is 7.26 Å². The predicted octanol–water partition coefficient (Wildman–Crippen LogP) is 5.86. The van der Waals surface area contributed by atoms with Crippen LogP contribution in [0.25, 0.3) is 5.31 Å². The number of benzene rings is 5. The molecule has 5 aromatic carbocycles. The number of carbonyl (C=O) groups excluding carboxylic acids is 1. The van der Waals surface area contributed by atoms with Crippen LogP contribution in [-0.4, -0.2) is 17.0 Å². The maximum atomic E-state index is 13.4. The van der Waals surface area contributed by atoms with Gasteiger partial charge in [0.2, 0.25) is 0 Å². The van der Waals surface area contributed by atoms with E-state index in [1.54, 1.807) is 24.3 Å². The van der Waals surface area contributed by atoms with Gasteiger partial charge in [-0.2, -0.15) is 0 Å². The summed E-state index contributed by atoms with van der Waals surface area (Å²) in [6.07, 6.45) is 0. The first kappa shape index (κ1) is 25.8. The molecule has 190 valence electrons. The molecule has 0 spiro atoms. The Balaban J connectivity index is 1.94. The number of aliphatic carboxylic acids is 1. The molecule has 0 radical (unpaired) electrons. The van der Waals surface area contributed by atoms with Crippen LogP contribution < -0.4 is 21.2 Å². The third kappa shape index (κ3) is 5.16. The zero-order chi connectivity index (χ0) is 27.1. The van der Waals surface area contributed by atoms with Crippen LogP contribution in [0.3, 0.4) is 0 Å². The highest BCUT2D eigenvalue weighted by Gasteiger charge is 2.52. The van der Waals surface area contributed by atoms with Crippen molar-refractivity contribution in [3.8, 4) is 0 Å². The van der Waals surface area contributed by atoms with Gasteiger partial charge < -0.3 is 10.4 Å².